The first-order chi connectivity index (χ1) is 9.52. The van der Waals surface area contributed by atoms with Gasteiger partial charge >= 0.3 is 5.97 Å². The number of methoxy groups -OCH3 is 1. The number of carbonyl (C=O) groups excluding carboxylic acids is 1. The highest BCUT2D eigenvalue weighted by Crippen LogP contribution is 2.25. The topological polar surface area (TPSA) is 29.5 Å². The lowest BCUT2D eigenvalue weighted by Crippen LogP contribution is -2.41. The Kier molecular flexibility index (Phi) is 4.76. The van der Waals surface area contributed by atoms with Gasteiger partial charge in [-0.25, -0.2) is 9.18 Å². The minimum Gasteiger partial charge on any atom is -0.465 e. The summed E-state index contributed by atoms with van der Waals surface area (Å²) in [6.45, 7) is 6.26. The Balaban J connectivity index is 2.10. The van der Waals surface area contributed by atoms with E-state index < -0.39 is 11.8 Å². The molecule has 2 atom stereocenters. The van der Waals surface area contributed by atoms with Crippen LogP contribution in [0.2, 0.25) is 0 Å². The molecule has 1 saturated heterocycles. The van der Waals surface area contributed by atoms with Crippen LogP contribution in [0.15, 0.2) is 18.2 Å². The van der Waals surface area contributed by atoms with Gasteiger partial charge < -0.3 is 4.74 Å². The molecule has 0 amide bonds. The third kappa shape index (κ3) is 3.18. The largest absolute Gasteiger partial charge is 0.465 e. The average molecular weight is 279 g/mol. The number of hydrogen-bond acceptors (Lipinski definition) is 3. The number of ether oxygens (including phenoxy) is 1. The summed E-state index contributed by atoms with van der Waals surface area (Å²) in [5.41, 5.74) is 0.896. The summed E-state index contributed by atoms with van der Waals surface area (Å²) in [7, 11) is 1.26. The molecule has 0 aromatic heterocycles. The molecular formula is C16H22FNO2. The number of halogens is 1. The van der Waals surface area contributed by atoms with Gasteiger partial charge in [-0.1, -0.05) is 13.0 Å². The summed E-state index contributed by atoms with van der Waals surface area (Å²) in [6, 6.07) is 5.26. The Labute approximate surface area is 119 Å². The van der Waals surface area contributed by atoms with Gasteiger partial charge in [0.15, 0.2) is 0 Å². The number of rotatable bonds is 3. The predicted octanol–water partition coefficient (Wildman–Crippen LogP) is 3.23. The number of nitrogens with zero attached hydrogens (tertiary/aromatic N) is 1. The Morgan fingerprint density at radius 2 is 2.20 bits per heavy atom. The van der Waals surface area contributed by atoms with Gasteiger partial charge in [0.05, 0.1) is 12.7 Å². The second kappa shape index (κ2) is 6.35. The second-order valence-electron chi connectivity index (χ2n) is 5.64. The van der Waals surface area contributed by atoms with Crippen LogP contribution < -0.4 is 0 Å². The third-order valence-electron chi connectivity index (χ3n) is 4.33. The van der Waals surface area contributed by atoms with Crippen molar-refractivity contribution in [3.8, 4) is 0 Å². The van der Waals surface area contributed by atoms with Crippen LogP contribution >= 0.6 is 0 Å². The molecule has 0 N–H and O–H groups in total. The highest BCUT2D eigenvalue weighted by Gasteiger charge is 2.24. The molecule has 0 aliphatic carbocycles. The number of piperidine rings is 1. The minimum absolute atomic E-state index is 0.00342. The van der Waals surface area contributed by atoms with Crippen molar-refractivity contribution in [1.29, 1.82) is 0 Å². The van der Waals surface area contributed by atoms with Crippen molar-refractivity contribution in [2.24, 2.45) is 5.92 Å². The van der Waals surface area contributed by atoms with E-state index in [4.69, 9.17) is 0 Å². The summed E-state index contributed by atoms with van der Waals surface area (Å²) in [5, 5.41) is 0. The zero-order chi connectivity index (χ0) is 14.7. The van der Waals surface area contributed by atoms with Crippen molar-refractivity contribution in [3.05, 3.63) is 35.1 Å². The van der Waals surface area contributed by atoms with E-state index >= 15 is 0 Å². The number of esters is 1. The summed E-state index contributed by atoms with van der Waals surface area (Å²) >= 11 is 0. The van der Waals surface area contributed by atoms with Crippen molar-refractivity contribution in [3.63, 3.8) is 0 Å². The molecule has 1 heterocycles. The molecule has 0 saturated carbocycles. The zero-order valence-electron chi connectivity index (χ0n) is 12.4. The van der Waals surface area contributed by atoms with E-state index in [2.05, 4.69) is 23.5 Å². The Morgan fingerprint density at radius 3 is 2.85 bits per heavy atom. The Morgan fingerprint density at radius 1 is 1.45 bits per heavy atom. The molecule has 110 valence electrons. The first-order valence-corrected chi connectivity index (χ1v) is 7.13. The lowest BCUT2D eigenvalue weighted by Gasteiger charge is -2.38. The number of carbonyl (C=O) groups is 1. The van der Waals surface area contributed by atoms with Crippen molar-refractivity contribution in [2.75, 3.05) is 13.7 Å². The predicted molar refractivity (Wildman–Crippen MR) is 76.0 cm³/mol. The molecule has 1 aromatic rings. The Bertz CT molecular complexity index is 489. The van der Waals surface area contributed by atoms with Gasteiger partial charge in [-0.15, -0.1) is 0 Å². The fourth-order valence-corrected chi connectivity index (χ4v) is 2.81. The fraction of sp³-hybridized carbons (Fsp3) is 0.562. The van der Waals surface area contributed by atoms with Crippen LogP contribution in [0.5, 0.6) is 0 Å². The van der Waals surface area contributed by atoms with Crippen molar-refractivity contribution in [1.82, 2.24) is 4.90 Å². The van der Waals surface area contributed by atoms with E-state index in [1.54, 1.807) is 6.07 Å². The molecule has 2 unspecified atom stereocenters. The van der Waals surface area contributed by atoms with Gasteiger partial charge in [0.1, 0.15) is 5.82 Å². The van der Waals surface area contributed by atoms with Gasteiger partial charge in [0.25, 0.3) is 0 Å². The van der Waals surface area contributed by atoms with E-state index in [1.165, 1.54) is 32.1 Å². The van der Waals surface area contributed by atoms with Gasteiger partial charge in [-0.3, -0.25) is 4.90 Å². The molecule has 4 heteroatoms. The maximum Gasteiger partial charge on any atom is 0.340 e. The third-order valence-corrected chi connectivity index (χ3v) is 4.33. The minimum atomic E-state index is -0.631. The van der Waals surface area contributed by atoms with Crippen LogP contribution in [0.25, 0.3) is 0 Å². The molecule has 0 spiro atoms. The van der Waals surface area contributed by atoms with Crippen LogP contribution in [0.3, 0.4) is 0 Å². The van der Waals surface area contributed by atoms with E-state index in [-0.39, 0.29) is 5.56 Å². The molecule has 3 nitrogen and oxygen atoms in total. The first-order valence-electron chi connectivity index (χ1n) is 7.13. The fourth-order valence-electron chi connectivity index (χ4n) is 2.81. The normalized spacial score (nSPS) is 23.6. The summed E-state index contributed by atoms with van der Waals surface area (Å²) in [6.07, 6.45) is 2.45. The van der Waals surface area contributed by atoms with Gasteiger partial charge in [-0.05, 0) is 49.9 Å². The SMILES string of the molecule is COC(=O)c1ccc(CN2CCCC(C)C2C)cc1F. The molecule has 1 fully saturated rings. The van der Waals surface area contributed by atoms with Gasteiger partial charge in [0.2, 0.25) is 0 Å². The maximum atomic E-state index is 13.9. The smallest absolute Gasteiger partial charge is 0.340 e. The number of likely N-dealkylation sites (tertiary alicyclic amines) is 1. The van der Waals surface area contributed by atoms with Crippen molar-refractivity contribution < 1.29 is 13.9 Å². The average Bonchev–Trinajstić information content (AvgIpc) is 2.43. The van der Waals surface area contributed by atoms with E-state index in [9.17, 15) is 9.18 Å². The first kappa shape index (κ1) is 15.0. The van der Waals surface area contributed by atoms with E-state index in [1.807, 2.05) is 0 Å². The second-order valence-corrected chi connectivity index (χ2v) is 5.64. The molecule has 20 heavy (non-hydrogen) atoms. The Hall–Kier alpha value is -1.42. The van der Waals surface area contributed by atoms with E-state index in [0.717, 1.165) is 18.7 Å². The van der Waals surface area contributed by atoms with Crippen LogP contribution in [0.1, 0.15) is 42.6 Å². The van der Waals surface area contributed by atoms with Gasteiger partial charge in [0, 0.05) is 12.6 Å². The number of hydrogen-bond donors (Lipinski definition) is 0. The van der Waals surface area contributed by atoms with Crippen LogP contribution in [-0.4, -0.2) is 30.6 Å². The molecule has 0 bridgehead atoms. The van der Waals surface area contributed by atoms with E-state index in [0.29, 0.717) is 12.0 Å². The molecule has 1 aliphatic heterocycles. The van der Waals surface area contributed by atoms with Crippen LogP contribution in [0.4, 0.5) is 4.39 Å². The lowest BCUT2D eigenvalue weighted by molar-refractivity contribution is 0.0595. The molecular weight excluding hydrogens is 257 g/mol. The van der Waals surface area contributed by atoms with Gasteiger partial charge in [-0.2, -0.15) is 0 Å². The van der Waals surface area contributed by atoms with Crippen LogP contribution in [0, 0.1) is 11.7 Å². The highest BCUT2D eigenvalue weighted by molar-refractivity contribution is 5.89. The molecule has 0 radical (unpaired) electrons. The molecule has 2 rings (SSSR count). The summed E-state index contributed by atoms with van der Waals surface area (Å²) < 4.78 is 18.4. The zero-order valence-corrected chi connectivity index (χ0v) is 12.4. The molecule has 1 aliphatic rings. The number of benzene rings is 1. The summed E-state index contributed by atoms with van der Waals surface area (Å²) in [4.78, 5) is 13.7. The van der Waals surface area contributed by atoms with Crippen LogP contribution in [-0.2, 0) is 11.3 Å². The lowest BCUT2D eigenvalue weighted by atomic mass is 9.91. The monoisotopic (exact) mass is 279 g/mol. The standard InChI is InChI=1S/C16H22FNO2/c1-11-5-4-8-18(12(11)2)10-13-6-7-14(15(17)9-13)16(19)20-3/h6-7,9,11-12H,4-5,8,10H2,1-3H3. The van der Waals surface area contributed by atoms with Crippen molar-refractivity contribution >= 4 is 5.97 Å². The maximum absolute atomic E-state index is 13.9. The molecule has 1 aromatic carbocycles. The summed E-state index contributed by atoms with van der Waals surface area (Å²) in [5.74, 6) is -0.469. The highest BCUT2D eigenvalue weighted by atomic mass is 19.1. The van der Waals surface area contributed by atoms with Crippen molar-refractivity contribution in [2.45, 2.75) is 39.3 Å². The quantitative estimate of drug-likeness (QED) is 0.796.